The predicted octanol–water partition coefficient (Wildman–Crippen LogP) is 10.3. The number of carbonyl (C=O) groups excluding carboxylic acids is 1. The number of fused-ring (bicyclic) bond motifs is 3. The van der Waals surface area contributed by atoms with Crippen LogP contribution in [0, 0.1) is 27.7 Å². The van der Waals surface area contributed by atoms with Gasteiger partial charge in [-0.25, -0.2) is 48.2 Å². The minimum Gasteiger partial charge on any atom is -0.399 e. The average molecular weight is 2240 g/mol. The number of H-pyrrole nitrogens is 7. The summed E-state index contributed by atoms with van der Waals surface area (Å²) in [5.74, 6) is -1.65. The Kier molecular flexibility index (Phi) is 47.9. The van der Waals surface area contributed by atoms with Gasteiger partial charge in [-0.15, -0.1) is 11.6 Å². The summed E-state index contributed by atoms with van der Waals surface area (Å²) >= 11 is 26.9. The number of piperidine rings is 4. The van der Waals surface area contributed by atoms with Gasteiger partial charge >= 0.3 is 11.4 Å². The number of aliphatic hydroxyl groups is 4. The van der Waals surface area contributed by atoms with Crippen LogP contribution in [-0.4, -0.2) is 233 Å². The minimum atomic E-state index is -3.80. The number of carbonyl (C=O) groups is 1. The molecular weight excluding hydrogens is 2140 g/mol. The summed E-state index contributed by atoms with van der Waals surface area (Å²) in [5.41, 5.74) is 16.8. The Morgan fingerprint density at radius 1 is 0.532 bits per heavy atom. The molecular formula is C83H106Cl6N22O22PPdS4-. The van der Waals surface area contributed by atoms with Crippen LogP contribution in [0.1, 0.15) is 91.3 Å². The second-order valence-corrected chi connectivity index (χ2v) is 44.7. The third kappa shape index (κ3) is 38.1. The third-order valence-electron chi connectivity index (χ3n) is 20.6. The van der Waals surface area contributed by atoms with Gasteiger partial charge in [-0.05, 0) is 234 Å². The number of alkyl halides is 1. The van der Waals surface area contributed by atoms with E-state index in [0.717, 1.165) is 91.3 Å². The van der Waals surface area contributed by atoms with Crippen LogP contribution in [-0.2, 0) is 68.9 Å². The first-order valence-electron chi connectivity index (χ1n) is 41.9. The van der Waals surface area contributed by atoms with Crippen LogP contribution in [0.25, 0.3) is 33.1 Å². The molecule has 4 aliphatic heterocycles. The standard InChI is InChI=1S/C21H26N6O3S.C11H14N2O5S.C11H16N2O3S.C6H3Cl2N3.C6H5Cl2OP.C6H4ClNO4S.C6H5N3O2.C5H11NO.C4H5N3O2.C4H9N.C2H3ClO.CH3.Pd.H2/c28-16-9-12-27(13-10-16)31(29,30)17-6-4-15(5-7-17)24-21-25-19-18(8-11-22-19)20(26-21)23-14-2-1-3-14;14-10-5-7-12(8-6-10)19(17,18)11-3-1-9(2-4-11)13(15)16;12-9-1-3-11(4-2-9)17(15,16)13-7-5-10(14)6-8-13;7-4-3-1-2-9-5(3)11-6(8)10-4;7-10(8,9)6-4-2-1-3-5-6;7-13(11,12)6-3-1-5(2-4-6)8(9)10;10-5-3-1-2-7-4(3)8-6(11)9-5;7-5-1-3-6-4-2-5;5-2-1-3(8)7-4(9)6-2;5-4-2-1-3-4;3-1-2-4;;;/h4-8,11,14,16,28H,1-3,9-10,12-13H2,(H3,22,23,24,25,26);1-4,10,14H,5-8H2;1-4,10,14H,5-8,12H2;1-2H,(H,9,10,11);1-5H;1-4H;1-2H,(H3,7,8,9,10,11);5-7H,1-4H2;1H,(H4,5,6,7,8,9);4H,1-3,5H2;2H,1H2;1H3;;1H/q;;;;;;;;;;;-1;;. The number of nitrogens with zero attached hydrogens (tertiary/aromatic N) is 9. The molecule has 0 amide bonds. The number of rotatable bonds is 15. The summed E-state index contributed by atoms with van der Waals surface area (Å²) in [7, 11) is -9.43. The van der Waals surface area contributed by atoms with Crippen molar-refractivity contribution in [2.75, 3.05) is 80.3 Å². The van der Waals surface area contributed by atoms with Gasteiger partial charge in [-0.3, -0.25) is 54.3 Å². The van der Waals surface area contributed by atoms with Crippen molar-refractivity contribution in [2.24, 2.45) is 5.73 Å². The Morgan fingerprint density at radius 3 is 1.33 bits per heavy atom. The van der Waals surface area contributed by atoms with E-state index in [0.29, 0.717) is 128 Å². The summed E-state index contributed by atoms with van der Waals surface area (Å²) in [6.45, 7) is 3.92. The van der Waals surface area contributed by atoms with E-state index in [1.807, 2.05) is 23.3 Å². The first kappa shape index (κ1) is 118. The van der Waals surface area contributed by atoms with E-state index in [4.69, 9.17) is 95.1 Å². The minimum absolute atomic E-state index is 0. The fourth-order valence-electron chi connectivity index (χ4n) is 12.7. The Morgan fingerprint density at radius 2 is 0.942 bits per heavy atom. The van der Waals surface area contributed by atoms with Gasteiger partial charge in [0.05, 0.1) is 75.9 Å². The van der Waals surface area contributed by atoms with E-state index in [2.05, 4.69) is 65.8 Å². The van der Waals surface area contributed by atoms with Gasteiger partial charge < -0.3 is 80.8 Å². The van der Waals surface area contributed by atoms with Crippen molar-refractivity contribution < 1.29 is 95.2 Å². The molecule has 762 valence electrons. The van der Waals surface area contributed by atoms with Gasteiger partial charge in [0.15, 0.2) is 0 Å². The van der Waals surface area contributed by atoms with Crippen molar-refractivity contribution >= 4 is 198 Å². The molecule has 6 aliphatic rings. The van der Waals surface area contributed by atoms with Gasteiger partial charge in [-0.2, -0.15) is 27.9 Å². The second kappa shape index (κ2) is 56.6. The van der Waals surface area contributed by atoms with Crippen LogP contribution >= 0.6 is 73.8 Å². The number of hydrogen-bond donors (Lipinski definition) is 17. The van der Waals surface area contributed by atoms with E-state index in [1.165, 1.54) is 75.0 Å². The maximum Gasteiger partial charge on any atom is 0.327 e. The summed E-state index contributed by atoms with van der Waals surface area (Å²) in [6.07, 6.45) is 16.5. The Balaban J connectivity index is 0.000000283. The molecule has 4 saturated heterocycles. The van der Waals surface area contributed by atoms with Gasteiger partial charge in [0.25, 0.3) is 37.4 Å². The van der Waals surface area contributed by atoms with Crippen LogP contribution in [0.3, 0.4) is 0 Å². The van der Waals surface area contributed by atoms with E-state index in [1.54, 1.807) is 85.2 Å². The number of nitro groups is 2. The van der Waals surface area contributed by atoms with Crippen molar-refractivity contribution in [1.29, 1.82) is 0 Å². The number of anilines is 5. The number of benzene rings is 5. The maximum absolute atomic E-state index is 12.8. The molecule has 20 N–H and O–H groups in total. The summed E-state index contributed by atoms with van der Waals surface area (Å²) in [4.78, 5) is 106. The molecule has 18 rings (SSSR count). The summed E-state index contributed by atoms with van der Waals surface area (Å²) < 4.78 is 111. The predicted molar refractivity (Wildman–Crippen MR) is 533 cm³/mol. The fourth-order valence-corrected chi connectivity index (χ4v) is 19.5. The molecule has 56 heteroatoms. The van der Waals surface area contributed by atoms with Crippen molar-refractivity contribution in [3.05, 3.63) is 250 Å². The molecule has 5 aromatic carbocycles. The summed E-state index contributed by atoms with van der Waals surface area (Å²) in [5, 5.41) is 71.0. The molecule has 11 heterocycles. The fraction of sp³-hybridized carbons (Fsp3) is 0.349. The number of nitro benzene ring substituents is 2. The van der Waals surface area contributed by atoms with E-state index in [9.17, 15) is 93.0 Å². The zero-order valence-corrected chi connectivity index (χ0v) is 84.3. The maximum atomic E-state index is 12.8. The molecule has 2 saturated carbocycles. The first-order valence-corrected chi connectivity index (χ1v) is 53.3. The number of sulfonamides is 3. The van der Waals surface area contributed by atoms with Crippen molar-refractivity contribution in [1.82, 2.24) is 73.1 Å². The number of halogens is 6. The number of nitrogens with two attached hydrogens (primary N) is 3. The summed E-state index contributed by atoms with van der Waals surface area (Å²) in [6, 6.07) is 38.0. The average Bonchev–Trinajstić information content (AvgIpc) is 1.59. The SMILES string of the molecule is Clc1nc(Cl)c2cc[nH]c2n1.NC1CCC1.Nc1cc(=O)[nH]c(=O)[nH]1.Nc1ccc(S(=O)(=O)N2CCC(O)CC2)cc1.O=CCCl.O=P(Cl)(Cl)c1ccccc1.O=S(=O)(c1ccc(Nc2nc(NC3CCC3)c3cc[nH]c3n2)cc1)N1CCC(O)CC1.O=[N+]([O-])c1ccc(S(=O)(=O)Cl)cc1.O=[N+]([O-])c1ccc(S(=O)(=O)N2CCC(O)CC2)cc1.O=c1[nH]c(=O)c2cc[nH]c2[nH]1.OC1CCNCC1.[CH3-].[HH].[Pd]. The number of hydrogen-bond acceptors (Lipinski definition) is 32. The van der Waals surface area contributed by atoms with E-state index in [-0.39, 0.29) is 108 Å². The topological polar surface area (TPSA) is 692 Å². The molecule has 0 unspecified atom stereocenters. The first-order chi connectivity index (χ1) is 64.8. The van der Waals surface area contributed by atoms with Crippen LogP contribution in [0.5, 0.6) is 0 Å². The van der Waals surface area contributed by atoms with Gasteiger partial charge in [0.2, 0.25) is 41.3 Å². The second-order valence-electron chi connectivity index (χ2n) is 30.5. The Labute approximate surface area is 841 Å². The zero-order chi connectivity index (χ0) is 100. The van der Waals surface area contributed by atoms with Crippen molar-refractivity contribution in [2.45, 2.75) is 146 Å². The number of aromatic nitrogens is 11. The molecule has 44 nitrogen and oxygen atoms in total. The van der Waals surface area contributed by atoms with Crippen LogP contribution in [0.2, 0.25) is 10.4 Å². The van der Waals surface area contributed by atoms with Gasteiger partial charge in [-0.1, -0.05) is 36.2 Å². The number of nitrogen functional groups attached to an aromatic ring is 2. The monoisotopic (exact) mass is 2240 g/mol. The number of aromatic amines is 7. The van der Waals surface area contributed by atoms with Crippen LogP contribution in [0.4, 0.5) is 40.3 Å². The smallest absolute Gasteiger partial charge is 0.327 e. The molecule has 12 aromatic rings. The largest absolute Gasteiger partial charge is 0.399 e. The number of nitrogens with one attached hydrogen (secondary N) is 10. The van der Waals surface area contributed by atoms with Gasteiger partial charge in [0.1, 0.15) is 40.0 Å². The molecule has 2 aliphatic carbocycles. The van der Waals surface area contributed by atoms with E-state index >= 15 is 0 Å². The molecule has 0 atom stereocenters. The zero-order valence-electron chi connectivity index (χ0n) is 74.0. The number of aldehydes is 1. The molecule has 6 fully saturated rings. The number of aliphatic hydroxyl groups excluding tert-OH is 4. The van der Waals surface area contributed by atoms with Gasteiger partial charge in [0, 0.05) is 149 Å². The van der Waals surface area contributed by atoms with Crippen LogP contribution < -0.4 is 61.0 Å². The number of non-ortho nitro benzene ring substituents is 2. The van der Waals surface area contributed by atoms with Crippen molar-refractivity contribution in [3.8, 4) is 0 Å². The molecule has 0 bridgehead atoms. The normalized spacial score (nSPS) is 15.6. The van der Waals surface area contributed by atoms with Crippen molar-refractivity contribution in [3.63, 3.8) is 0 Å². The van der Waals surface area contributed by atoms with E-state index < -0.39 is 84.0 Å². The molecule has 139 heavy (non-hydrogen) atoms. The Bertz CT molecular complexity index is 6690. The molecule has 0 radical (unpaired) electrons. The quantitative estimate of drug-likeness (QED) is 0.00387. The van der Waals surface area contributed by atoms with Crippen LogP contribution in [0.15, 0.2) is 209 Å². The Hall–Kier alpha value is -10.0. The molecule has 7 aromatic heterocycles. The molecule has 0 spiro atoms. The third-order valence-corrected chi connectivity index (χ3v) is 30.3.